The van der Waals surface area contributed by atoms with Crippen LogP contribution in [0.3, 0.4) is 0 Å². The maximum Gasteiger partial charge on any atom is 0.276 e. The largest absolute Gasteiger partial charge is 0.318 e. The number of carbonyl (C=O) groups excluding carboxylic acids is 1. The Hall–Kier alpha value is -3.02. The highest BCUT2D eigenvalue weighted by atomic mass is 19.1. The van der Waals surface area contributed by atoms with Crippen molar-refractivity contribution in [3.63, 3.8) is 0 Å². The Morgan fingerprint density at radius 1 is 1.09 bits per heavy atom. The molecule has 1 amide bonds. The van der Waals surface area contributed by atoms with Crippen LogP contribution in [0.25, 0.3) is 10.8 Å². The number of aryl methyl sites for hydroxylation is 1. The number of anilines is 1. The van der Waals surface area contributed by atoms with Gasteiger partial charge in [0, 0.05) is 12.4 Å². The van der Waals surface area contributed by atoms with Crippen LogP contribution in [0.15, 0.2) is 53.3 Å². The van der Waals surface area contributed by atoms with Crippen LogP contribution < -0.4 is 10.9 Å². The van der Waals surface area contributed by atoms with Crippen LogP contribution in [0.2, 0.25) is 0 Å². The van der Waals surface area contributed by atoms with Crippen molar-refractivity contribution in [1.82, 2.24) is 9.78 Å². The molecule has 2 aromatic carbocycles. The van der Waals surface area contributed by atoms with Gasteiger partial charge in [0.15, 0.2) is 5.69 Å². The van der Waals surface area contributed by atoms with E-state index in [1.54, 1.807) is 30.3 Å². The van der Waals surface area contributed by atoms with Crippen molar-refractivity contribution in [1.29, 1.82) is 0 Å². The van der Waals surface area contributed by atoms with E-state index in [2.05, 4.69) is 10.4 Å². The molecule has 0 atom stereocenters. The van der Waals surface area contributed by atoms with Gasteiger partial charge in [-0.2, -0.15) is 5.10 Å². The number of fused-ring (bicyclic) bond motifs is 1. The van der Waals surface area contributed by atoms with E-state index >= 15 is 0 Å². The molecule has 0 aliphatic rings. The summed E-state index contributed by atoms with van der Waals surface area (Å²) >= 11 is 0. The maximum atomic E-state index is 13.6. The molecule has 0 spiro atoms. The summed E-state index contributed by atoms with van der Waals surface area (Å²) in [6, 6.07) is 12.5. The third-order valence-electron chi connectivity index (χ3n) is 3.29. The van der Waals surface area contributed by atoms with E-state index in [9.17, 15) is 14.0 Å². The highest BCUT2D eigenvalue weighted by molar-refractivity contribution is 6.11. The van der Waals surface area contributed by atoms with Crippen LogP contribution in [0.1, 0.15) is 10.5 Å². The highest BCUT2D eigenvalue weighted by Crippen LogP contribution is 2.17. The molecule has 5 nitrogen and oxygen atoms in total. The Kier molecular flexibility index (Phi) is 3.42. The Labute approximate surface area is 125 Å². The number of hydrogen-bond donors (Lipinski definition) is 1. The van der Waals surface area contributed by atoms with Crippen molar-refractivity contribution in [2.45, 2.75) is 0 Å². The molecule has 0 aliphatic heterocycles. The summed E-state index contributed by atoms with van der Waals surface area (Å²) in [5.41, 5.74) is -0.161. The normalized spacial score (nSPS) is 10.6. The van der Waals surface area contributed by atoms with Crippen molar-refractivity contribution in [3.8, 4) is 0 Å². The molecule has 0 aliphatic carbocycles. The van der Waals surface area contributed by atoms with Gasteiger partial charge >= 0.3 is 0 Å². The number of nitrogens with one attached hydrogen (secondary N) is 1. The van der Waals surface area contributed by atoms with Crippen molar-refractivity contribution >= 4 is 22.4 Å². The second-order valence-electron chi connectivity index (χ2n) is 4.76. The first kappa shape index (κ1) is 13.9. The van der Waals surface area contributed by atoms with E-state index in [0.717, 1.165) is 4.68 Å². The molecular formula is C16H12FN3O2. The molecule has 1 N–H and O–H groups in total. The second-order valence-corrected chi connectivity index (χ2v) is 4.76. The van der Waals surface area contributed by atoms with Crippen LogP contribution in [0.4, 0.5) is 10.1 Å². The van der Waals surface area contributed by atoms with E-state index in [-0.39, 0.29) is 16.9 Å². The average Bonchev–Trinajstić information content (AvgIpc) is 2.53. The lowest BCUT2D eigenvalue weighted by Gasteiger charge is -2.09. The molecule has 0 unspecified atom stereocenters. The Bertz CT molecular complexity index is 934. The average molecular weight is 297 g/mol. The number of halogens is 1. The predicted octanol–water partition coefficient (Wildman–Crippen LogP) is 2.32. The lowest BCUT2D eigenvalue weighted by Crippen LogP contribution is -2.25. The monoisotopic (exact) mass is 297 g/mol. The van der Waals surface area contributed by atoms with Gasteiger partial charge in [-0.15, -0.1) is 0 Å². The quantitative estimate of drug-likeness (QED) is 0.789. The van der Waals surface area contributed by atoms with E-state index < -0.39 is 11.7 Å². The first-order chi connectivity index (χ1) is 10.6. The van der Waals surface area contributed by atoms with Crippen LogP contribution in [0.5, 0.6) is 0 Å². The predicted molar refractivity (Wildman–Crippen MR) is 81.3 cm³/mol. The zero-order valence-corrected chi connectivity index (χ0v) is 11.7. The van der Waals surface area contributed by atoms with Crippen molar-refractivity contribution < 1.29 is 9.18 Å². The van der Waals surface area contributed by atoms with Gasteiger partial charge in [-0.3, -0.25) is 9.59 Å². The summed E-state index contributed by atoms with van der Waals surface area (Å²) in [6.45, 7) is 0. The molecule has 0 saturated heterocycles. The SMILES string of the molecule is Cn1nc(C(=O)Nc2ccccc2F)c2ccccc2c1=O. The molecule has 3 aromatic rings. The molecule has 110 valence electrons. The number of hydrogen-bond acceptors (Lipinski definition) is 3. The number of amides is 1. The summed E-state index contributed by atoms with van der Waals surface area (Å²) < 4.78 is 14.7. The second kappa shape index (κ2) is 5.40. The summed E-state index contributed by atoms with van der Waals surface area (Å²) in [4.78, 5) is 24.4. The molecule has 1 heterocycles. The number of nitrogens with zero attached hydrogens (tertiary/aromatic N) is 2. The van der Waals surface area contributed by atoms with E-state index in [1.807, 2.05) is 0 Å². The minimum atomic E-state index is -0.572. The minimum Gasteiger partial charge on any atom is -0.318 e. The van der Waals surface area contributed by atoms with Crippen LogP contribution in [-0.4, -0.2) is 15.7 Å². The van der Waals surface area contributed by atoms with Gasteiger partial charge in [0.2, 0.25) is 0 Å². The number of benzene rings is 2. The summed E-state index contributed by atoms with van der Waals surface area (Å²) in [6.07, 6.45) is 0. The fourth-order valence-corrected chi connectivity index (χ4v) is 2.21. The van der Waals surface area contributed by atoms with E-state index in [0.29, 0.717) is 10.8 Å². The molecule has 6 heteroatoms. The molecular weight excluding hydrogens is 285 g/mol. The molecule has 0 saturated carbocycles. The third kappa shape index (κ3) is 2.35. The van der Waals surface area contributed by atoms with Gasteiger partial charge < -0.3 is 5.32 Å². The molecule has 3 rings (SSSR count). The van der Waals surface area contributed by atoms with Gasteiger partial charge in [-0.1, -0.05) is 30.3 Å². The zero-order chi connectivity index (χ0) is 15.7. The number of aromatic nitrogens is 2. The Morgan fingerprint density at radius 3 is 2.45 bits per heavy atom. The number of carbonyl (C=O) groups is 1. The van der Waals surface area contributed by atoms with Crippen molar-refractivity contribution in [3.05, 3.63) is 70.4 Å². The number of rotatable bonds is 2. The molecule has 0 radical (unpaired) electrons. The fourth-order valence-electron chi connectivity index (χ4n) is 2.21. The minimum absolute atomic E-state index is 0.0623. The zero-order valence-electron chi connectivity index (χ0n) is 11.7. The Balaban J connectivity index is 2.11. The molecule has 0 fully saturated rings. The fraction of sp³-hybridized carbons (Fsp3) is 0.0625. The third-order valence-corrected chi connectivity index (χ3v) is 3.29. The molecule has 1 aromatic heterocycles. The van der Waals surface area contributed by atoms with Gasteiger partial charge in [0.25, 0.3) is 11.5 Å². The van der Waals surface area contributed by atoms with Crippen LogP contribution in [0, 0.1) is 5.82 Å². The maximum absolute atomic E-state index is 13.6. The van der Waals surface area contributed by atoms with E-state index in [4.69, 9.17) is 0 Å². The lowest BCUT2D eigenvalue weighted by atomic mass is 10.1. The molecule has 22 heavy (non-hydrogen) atoms. The summed E-state index contributed by atoms with van der Waals surface area (Å²) in [7, 11) is 1.47. The molecule has 0 bridgehead atoms. The standard InChI is InChI=1S/C16H12FN3O2/c1-20-16(22)11-7-3-2-6-10(11)14(19-20)15(21)18-13-9-5-4-8-12(13)17/h2-9H,1H3,(H,18,21). The lowest BCUT2D eigenvalue weighted by molar-refractivity contribution is 0.102. The summed E-state index contributed by atoms with van der Waals surface area (Å²) in [5.74, 6) is -1.11. The van der Waals surface area contributed by atoms with Crippen molar-refractivity contribution in [2.75, 3.05) is 5.32 Å². The van der Waals surface area contributed by atoms with Gasteiger partial charge in [-0.05, 0) is 18.2 Å². The van der Waals surface area contributed by atoms with E-state index in [1.165, 1.54) is 25.2 Å². The highest BCUT2D eigenvalue weighted by Gasteiger charge is 2.16. The summed E-state index contributed by atoms with van der Waals surface area (Å²) in [5, 5.41) is 7.29. The van der Waals surface area contributed by atoms with Crippen LogP contribution in [-0.2, 0) is 7.05 Å². The van der Waals surface area contributed by atoms with Crippen LogP contribution >= 0.6 is 0 Å². The van der Waals surface area contributed by atoms with Crippen molar-refractivity contribution in [2.24, 2.45) is 7.05 Å². The van der Waals surface area contributed by atoms with Gasteiger partial charge in [0.1, 0.15) is 5.82 Å². The number of para-hydroxylation sites is 1. The first-order valence-electron chi connectivity index (χ1n) is 6.60. The smallest absolute Gasteiger partial charge is 0.276 e. The first-order valence-corrected chi connectivity index (χ1v) is 6.60. The van der Waals surface area contributed by atoms with Gasteiger partial charge in [-0.25, -0.2) is 9.07 Å². The topological polar surface area (TPSA) is 64.0 Å². The van der Waals surface area contributed by atoms with Gasteiger partial charge in [0.05, 0.1) is 11.1 Å². The Morgan fingerprint density at radius 2 is 1.73 bits per heavy atom.